The molecular formula is C31H38Cl2N2O6S. The second-order valence-corrected chi connectivity index (χ2v) is 11.6. The SMILES string of the molecule is CCON=Cc1ccc(CCOc2cc(C)cc(N(C(C)CCC(=O)OCC)S(=O)(=O)c3ccccc3Cl)c2)cc1.Cl. The van der Waals surface area contributed by atoms with Gasteiger partial charge in [-0.2, -0.15) is 0 Å². The lowest BCUT2D eigenvalue weighted by Crippen LogP contribution is -2.39. The number of carbonyl (C=O) groups excluding carboxylic acids is 1. The Balaban J connectivity index is 0.00000616. The van der Waals surface area contributed by atoms with Gasteiger partial charge in [-0.3, -0.25) is 9.10 Å². The summed E-state index contributed by atoms with van der Waals surface area (Å²) in [7, 11) is -4.08. The van der Waals surface area contributed by atoms with E-state index >= 15 is 0 Å². The third-order valence-electron chi connectivity index (χ3n) is 6.18. The second kappa shape index (κ2) is 17.0. The summed E-state index contributed by atoms with van der Waals surface area (Å²) < 4.78 is 40.4. The zero-order valence-corrected chi connectivity index (χ0v) is 26.7. The largest absolute Gasteiger partial charge is 0.493 e. The second-order valence-electron chi connectivity index (χ2n) is 9.42. The van der Waals surface area contributed by atoms with Crippen LogP contribution in [0.1, 0.15) is 50.3 Å². The van der Waals surface area contributed by atoms with Gasteiger partial charge in [0.05, 0.1) is 30.1 Å². The molecule has 1 atom stereocenters. The highest BCUT2D eigenvalue weighted by Gasteiger charge is 2.32. The third-order valence-corrected chi connectivity index (χ3v) is 8.62. The molecule has 0 saturated heterocycles. The van der Waals surface area contributed by atoms with Crippen molar-refractivity contribution >= 4 is 51.9 Å². The summed E-state index contributed by atoms with van der Waals surface area (Å²) in [4.78, 5) is 17.0. The molecular weight excluding hydrogens is 599 g/mol. The molecule has 0 aromatic heterocycles. The quantitative estimate of drug-likeness (QED) is 0.101. The van der Waals surface area contributed by atoms with Crippen LogP contribution in [0.4, 0.5) is 5.69 Å². The van der Waals surface area contributed by atoms with Crippen LogP contribution < -0.4 is 9.04 Å². The topological polar surface area (TPSA) is 94.5 Å². The Morgan fingerprint density at radius 3 is 2.43 bits per heavy atom. The molecule has 11 heteroatoms. The molecule has 0 radical (unpaired) electrons. The number of aryl methyl sites for hydroxylation is 1. The van der Waals surface area contributed by atoms with Crippen molar-refractivity contribution in [3.63, 3.8) is 0 Å². The molecule has 228 valence electrons. The number of halogens is 2. The average Bonchev–Trinajstić information content (AvgIpc) is 2.93. The van der Waals surface area contributed by atoms with Crippen LogP contribution in [0.2, 0.25) is 5.02 Å². The van der Waals surface area contributed by atoms with E-state index in [2.05, 4.69) is 5.16 Å². The van der Waals surface area contributed by atoms with Gasteiger partial charge in [0.2, 0.25) is 0 Å². The first-order chi connectivity index (χ1) is 19.6. The van der Waals surface area contributed by atoms with Gasteiger partial charge in [-0.15, -0.1) is 12.4 Å². The van der Waals surface area contributed by atoms with Crippen molar-refractivity contribution in [1.82, 2.24) is 0 Å². The van der Waals surface area contributed by atoms with E-state index in [1.54, 1.807) is 50.4 Å². The summed E-state index contributed by atoms with van der Waals surface area (Å²) in [5, 5.41) is 4.00. The first-order valence-corrected chi connectivity index (χ1v) is 15.4. The van der Waals surface area contributed by atoms with Gasteiger partial charge >= 0.3 is 5.97 Å². The highest BCUT2D eigenvalue weighted by Crippen LogP contribution is 2.34. The minimum atomic E-state index is -4.08. The molecule has 0 spiro atoms. The van der Waals surface area contributed by atoms with Crippen LogP contribution in [0.3, 0.4) is 0 Å². The Bertz CT molecular complexity index is 1430. The number of hydrogen-bond donors (Lipinski definition) is 0. The van der Waals surface area contributed by atoms with Gasteiger partial charge in [0, 0.05) is 24.9 Å². The number of ether oxygens (including phenoxy) is 2. The maximum absolute atomic E-state index is 14.0. The maximum atomic E-state index is 14.0. The number of sulfonamides is 1. The molecule has 0 N–H and O–H groups in total. The summed E-state index contributed by atoms with van der Waals surface area (Å²) in [6.07, 6.45) is 2.66. The average molecular weight is 638 g/mol. The Hall–Kier alpha value is -3.27. The van der Waals surface area contributed by atoms with Crippen LogP contribution in [0, 0.1) is 6.92 Å². The predicted molar refractivity (Wildman–Crippen MR) is 170 cm³/mol. The number of benzene rings is 3. The standard InChI is InChI=1S/C31H37ClN2O6S.ClH/c1-5-38-31(35)16-11-24(4)34(41(36,37)30-10-8-7-9-29(30)32)27-19-23(3)20-28(21-27)39-18-17-25-12-14-26(15-13-25)22-33-40-6-2;/h7-10,12-15,19-22,24H,5-6,11,16-18H2,1-4H3;1H. The van der Waals surface area contributed by atoms with Crippen molar-refractivity contribution in [1.29, 1.82) is 0 Å². The molecule has 0 heterocycles. The van der Waals surface area contributed by atoms with Gasteiger partial charge in [0.1, 0.15) is 17.3 Å². The Labute approximate surface area is 260 Å². The van der Waals surface area contributed by atoms with E-state index in [0.717, 1.165) is 16.7 Å². The van der Waals surface area contributed by atoms with Crippen LogP contribution >= 0.6 is 24.0 Å². The van der Waals surface area contributed by atoms with Gasteiger partial charge < -0.3 is 14.3 Å². The highest BCUT2D eigenvalue weighted by molar-refractivity contribution is 7.93. The Morgan fingerprint density at radius 2 is 1.76 bits per heavy atom. The van der Waals surface area contributed by atoms with Crippen LogP contribution in [-0.4, -0.2) is 46.5 Å². The number of carbonyl (C=O) groups is 1. The molecule has 3 aromatic rings. The first-order valence-electron chi connectivity index (χ1n) is 13.6. The van der Waals surface area contributed by atoms with Gasteiger partial charge in [-0.1, -0.05) is 53.2 Å². The van der Waals surface area contributed by atoms with Gasteiger partial charge in [-0.25, -0.2) is 8.42 Å². The Kier molecular flexibility index (Phi) is 14.1. The van der Waals surface area contributed by atoms with Crippen LogP contribution in [-0.2, 0) is 30.8 Å². The van der Waals surface area contributed by atoms with Crippen molar-refractivity contribution in [2.45, 2.75) is 57.9 Å². The lowest BCUT2D eigenvalue weighted by molar-refractivity contribution is -0.143. The van der Waals surface area contributed by atoms with Crippen molar-refractivity contribution < 1.29 is 27.5 Å². The van der Waals surface area contributed by atoms with E-state index < -0.39 is 16.1 Å². The Morgan fingerprint density at radius 1 is 1.05 bits per heavy atom. The summed E-state index contributed by atoms with van der Waals surface area (Å²) in [5.74, 6) is 0.162. The maximum Gasteiger partial charge on any atom is 0.305 e. The smallest absolute Gasteiger partial charge is 0.305 e. The molecule has 0 fully saturated rings. The van der Waals surface area contributed by atoms with Crippen LogP contribution in [0.15, 0.2) is 76.8 Å². The molecule has 0 aliphatic rings. The van der Waals surface area contributed by atoms with Crippen LogP contribution in [0.5, 0.6) is 5.75 Å². The molecule has 0 bridgehead atoms. The van der Waals surface area contributed by atoms with Crippen molar-refractivity contribution in [2.24, 2.45) is 5.16 Å². The number of esters is 1. The molecule has 0 saturated carbocycles. The van der Waals surface area contributed by atoms with Crippen LogP contribution in [0.25, 0.3) is 0 Å². The van der Waals surface area contributed by atoms with E-state index in [1.165, 1.54) is 10.4 Å². The summed E-state index contributed by atoms with van der Waals surface area (Å²) in [6, 6.07) is 19.0. The number of anilines is 1. The van der Waals surface area contributed by atoms with Gasteiger partial charge in [-0.05, 0) is 75.1 Å². The fraction of sp³-hybridized carbons (Fsp3) is 0.355. The molecule has 0 aliphatic heterocycles. The number of hydrogen-bond acceptors (Lipinski definition) is 7. The lowest BCUT2D eigenvalue weighted by Gasteiger charge is -2.31. The molecule has 0 aliphatic carbocycles. The number of rotatable bonds is 15. The summed E-state index contributed by atoms with van der Waals surface area (Å²) in [5.41, 5.74) is 3.27. The summed E-state index contributed by atoms with van der Waals surface area (Å²) >= 11 is 6.33. The van der Waals surface area contributed by atoms with E-state index in [0.29, 0.717) is 31.1 Å². The van der Waals surface area contributed by atoms with Gasteiger partial charge in [0.25, 0.3) is 10.0 Å². The molecule has 0 amide bonds. The number of oxime groups is 1. The molecule has 3 aromatic carbocycles. The fourth-order valence-corrected chi connectivity index (χ4v) is 6.40. The molecule has 3 rings (SSSR count). The minimum absolute atomic E-state index is 0. The fourth-order valence-electron chi connectivity index (χ4n) is 4.24. The zero-order chi connectivity index (χ0) is 29.8. The number of nitrogens with zero attached hydrogens (tertiary/aromatic N) is 2. The van der Waals surface area contributed by atoms with Crippen molar-refractivity contribution in [3.05, 3.63) is 88.4 Å². The van der Waals surface area contributed by atoms with E-state index in [9.17, 15) is 13.2 Å². The minimum Gasteiger partial charge on any atom is -0.493 e. The molecule has 1 unspecified atom stereocenters. The zero-order valence-electron chi connectivity index (χ0n) is 24.3. The predicted octanol–water partition coefficient (Wildman–Crippen LogP) is 6.99. The molecule has 42 heavy (non-hydrogen) atoms. The third kappa shape index (κ3) is 9.93. The summed E-state index contributed by atoms with van der Waals surface area (Å²) in [6.45, 7) is 8.42. The monoisotopic (exact) mass is 636 g/mol. The van der Waals surface area contributed by atoms with E-state index in [4.69, 9.17) is 25.9 Å². The first kappa shape index (κ1) is 34.9. The van der Waals surface area contributed by atoms with E-state index in [-0.39, 0.29) is 47.7 Å². The molecule has 8 nitrogen and oxygen atoms in total. The van der Waals surface area contributed by atoms with E-state index in [1.807, 2.05) is 44.2 Å². The van der Waals surface area contributed by atoms with Gasteiger partial charge in [0.15, 0.2) is 0 Å². The normalized spacial score (nSPS) is 11.9. The lowest BCUT2D eigenvalue weighted by atomic mass is 10.1. The highest BCUT2D eigenvalue weighted by atomic mass is 35.5. The van der Waals surface area contributed by atoms with Crippen molar-refractivity contribution in [2.75, 3.05) is 24.1 Å². The van der Waals surface area contributed by atoms with Crippen molar-refractivity contribution in [3.8, 4) is 5.75 Å².